The van der Waals surface area contributed by atoms with Gasteiger partial charge >= 0.3 is 5.97 Å². The van der Waals surface area contributed by atoms with Crippen molar-refractivity contribution in [2.45, 2.75) is 59.8 Å². The molecule has 0 aliphatic heterocycles. The molecular weight excluding hydrogens is 353 g/mol. The molecular formula is C19H34NO5P. The molecule has 150 valence electrons. The Morgan fingerprint density at radius 3 is 2.31 bits per heavy atom. The van der Waals surface area contributed by atoms with Crippen molar-refractivity contribution in [3.63, 3.8) is 0 Å². The molecule has 6 unspecified atom stereocenters. The summed E-state index contributed by atoms with van der Waals surface area (Å²) in [5.74, 6) is -1.59. The first kappa shape index (κ1) is 21.4. The summed E-state index contributed by atoms with van der Waals surface area (Å²) < 4.78 is 12.8. The van der Waals surface area contributed by atoms with Gasteiger partial charge in [0.15, 0.2) is 0 Å². The lowest BCUT2D eigenvalue weighted by atomic mass is 9.64. The third-order valence-corrected chi connectivity index (χ3v) is 9.87. The molecule has 2 aliphatic carbocycles. The van der Waals surface area contributed by atoms with Gasteiger partial charge in [-0.3, -0.25) is 14.2 Å². The average molecular weight is 387 g/mol. The van der Waals surface area contributed by atoms with E-state index in [1.807, 2.05) is 6.92 Å². The molecule has 0 aromatic carbocycles. The summed E-state index contributed by atoms with van der Waals surface area (Å²) in [4.78, 5) is 32.8. The molecule has 0 aromatic heterocycles. The van der Waals surface area contributed by atoms with Gasteiger partial charge in [0.1, 0.15) is 0 Å². The van der Waals surface area contributed by atoms with Crippen molar-refractivity contribution in [1.82, 2.24) is 0 Å². The molecule has 2 fully saturated rings. The minimum absolute atomic E-state index is 0.0137. The van der Waals surface area contributed by atoms with E-state index in [1.54, 1.807) is 0 Å². The van der Waals surface area contributed by atoms with Crippen molar-refractivity contribution in [2.24, 2.45) is 40.2 Å². The Labute approximate surface area is 156 Å². The van der Waals surface area contributed by atoms with E-state index in [1.165, 1.54) is 6.42 Å². The van der Waals surface area contributed by atoms with Gasteiger partial charge in [-0.05, 0) is 54.3 Å². The molecule has 6 nitrogen and oxygen atoms in total. The van der Waals surface area contributed by atoms with Gasteiger partial charge in [0.25, 0.3) is 0 Å². The number of primary amides is 1. The lowest BCUT2D eigenvalue weighted by Gasteiger charge is -2.42. The third kappa shape index (κ3) is 4.01. The second kappa shape index (κ2) is 7.27. The van der Waals surface area contributed by atoms with Crippen LogP contribution >= 0.6 is 7.37 Å². The molecule has 2 saturated carbocycles. The van der Waals surface area contributed by atoms with Gasteiger partial charge < -0.3 is 15.7 Å². The number of carboxylic acid groups (broad SMARTS) is 1. The Bertz CT molecular complexity index is 619. The highest BCUT2D eigenvalue weighted by Gasteiger charge is 2.62. The number of carbonyl (C=O) groups is 2. The quantitative estimate of drug-likeness (QED) is 0.525. The van der Waals surface area contributed by atoms with E-state index in [4.69, 9.17) is 5.73 Å². The number of hydrogen-bond acceptors (Lipinski definition) is 3. The summed E-state index contributed by atoms with van der Waals surface area (Å²) in [5, 5.41) is 9.31. The van der Waals surface area contributed by atoms with Crippen molar-refractivity contribution >= 4 is 19.2 Å². The zero-order valence-electron chi connectivity index (χ0n) is 16.4. The van der Waals surface area contributed by atoms with Crippen molar-refractivity contribution in [2.75, 3.05) is 12.3 Å². The number of nitrogens with two attached hydrogens (primary N) is 1. The maximum absolute atomic E-state index is 12.8. The molecule has 1 amide bonds. The van der Waals surface area contributed by atoms with E-state index < -0.39 is 25.2 Å². The molecule has 2 rings (SSSR count). The third-order valence-electron chi connectivity index (χ3n) is 7.72. The Morgan fingerprint density at radius 2 is 1.88 bits per heavy atom. The van der Waals surface area contributed by atoms with Crippen LogP contribution in [0.5, 0.6) is 0 Å². The first-order valence-corrected chi connectivity index (χ1v) is 11.6. The van der Waals surface area contributed by atoms with Gasteiger partial charge in [-0.1, -0.05) is 27.7 Å². The topological polar surface area (TPSA) is 118 Å². The molecule has 0 aromatic rings. The van der Waals surface area contributed by atoms with Crippen LogP contribution < -0.4 is 5.73 Å². The van der Waals surface area contributed by atoms with Gasteiger partial charge in [-0.15, -0.1) is 0 Å². The Morgan fingerprint density at radius 1 is 1.27 bits per heavy atom. The molecule has 0 heterocycles. The molecule has 6 atom stereocenters. The number of aliphatic carboxylic acids is 1. The summed E-state index contributed by atoms with van der Waals surface area (Å²) >= 11 is 0. The van der Waals surface area contributed by atoms with E-state index in [0.29, 0.717) is 11.8 Å². The molecule has 0 saturated heterocycles. The van der Waals surface area contributed by atoms with E-state index in [2.05, 4.69) is 20.8 Å². The number of amides is 1. The van der Waals surface area contributed by atoms with Crippen LogP contribution in [0.3, 0.4) is 0 Å². The van der Waals surface area contributed by atoms with Gasteiger partial charge in [0.2, 0.25) is 13.3 Å². The van der Waals surface area contributed by atoms with Gasteiger partial charge in [0, 0.05) is 18.7 Å². The number of carbonyl (C=O) groups excluding carboxylic acids is 1. The van der Waals surface area contributed by atoms with E-state index in [9.17, 15) is 24.2 Å². The Balaban J connectivity index is 2.03. The second-order valence-corrected chi connectivity index (χ2v) is 11.9. The zero-order valence-corrected chi connectivity index (χ0v) is 17.3. The van der Waals surface area contributed by atoms with Crippen LogP contribution in [0.4, 0.5) is 0 Å². The van der Waals surface area contributed by atoms with Crippen LogP contribution in [0.25, 0.3) is 0 Å². The van der Waals surface area contributed by atoms with Crippen LogP contribution in [0.15, 0.2) is 0 Å². The molecule has 0 radical (unpaired) electrons. The lowest BCUT2D eigenvalue weighted by Crippen LogP contribution is -2.36. The molecule has 26 heavy (non-hydrogen) atoms. The number of fused-ring (bicyclic) bond motifs is 2. The van der Waals surface area contributed by atoms with Gasteiger partial charge in [-0.2, -0.15) is 0 Å². The van der Waals surface area contributed by atoms with Crippen LogP contribution in [0.1, 0.15) is 59.8 Å². The van der Waals surface area contributed by atoms with Gasteiger partial charge in [-0.25, -0.2) is 0 Å². The monoisotopic (exact) mass is 387 g/mol. The SMILES string of the molecule is CC(CP(=O)(O)CC(CCC(N)=O)C(=O)O)C1CC2CCC1(C)C2(C)C. The molecule has 4 N–H and O–H groups in total. The predicted molar refractivity (Wildman–Crippen MR) is 101 cm³/mol. The maximum atomic E-state index is 12.8. The molecule has 2 bridgehead atoms. The highest BCUT2D eigenvalue weighted by atomic mass is 31.2. The second-order valence-electron chi connectivity index (χ2n) is 9.45. The van der Waals surface area contributed by atoms with Crippen LogP contribution in [-0.2, 0) is 14.2 Å². The van der Waals surface area contributed by atoms with Gasteiger partial charge in [0.05, 0.1) is 5.92 Å². The van der Waals surface area contributed by atoms with E-state index >= 15 is 0 Å². The average Bonchev–Trinajstić information content (AvgIpc) is 2.83. The fourth-order valence-electron chi connectivity index (χ4n) is 5.73. The lowest BCUT2D eigenvalue weighted by molar-refractivity contribution is -0.141. The first-order valence-electron chi connectivity index (χ1n) is 9.62. The fraction of sp³-hybridized carbons (Fsp3) is 0.895. The van der Waals surface area contributed by atoms with E-state index in [-0.39, 0.29) is 41.9 Å². The summed E-state index contributed by atoms with van der Waals surface area (Å²) in [6.07, 6.45) is 3.29. The number of hydrogen-bond donors (Lipinski definition) is 3. The smallest absolute Gasteiger partial charge is 0.307 e. The van der Waals surface area contributed by atoms with Crippen molar-refractivity contribution in [1.29, 1.82) is 0 Å². The molecule has 0 spiro atoms. The Kier molecular flexibility index (Phi) is 5.99. The van der Waals surface area contributed by atoms with E-state index in [0.717, 1.165) is 12.8 Å². The highest BCUT2D eigenvalue weighted by Crippen LogP contribution is 2.70. The highest BCUT2D eigenvalue weighted by molar-refractivity contribution is 7.58. The van der Waals surface area contributed by atoms with Crippen molar-refractivity contribution < 1.29 is 24.2 Å². The van der Waals surface area contributed by atoms with Crippen LogP contribution in [0, 0.1) is 34.5 Å². The first-order chi connectivity index (χ1) is 11.8. The summed E-state index contributed by atoms with van der Waals surface area (Å²) in [6, 6.07) is 0. The van der Waals surface area contributed by atoms with Crippen LogP contribution in [-0.4, -0.2) is 34.2 Å². The predicted octanol–water partition coefficient (Wildman–Crippen LogP) is 3.32. The Hall–Kier alpha value is -0.870. The summed E-state index contributed by atoms with van der Waals surface area (Å²) in [7, 11) is -3.60. The summed E-state index contributed by atoms with van der Waals surface area (Å²) in [5.41, 5.74) is 5.50. The van der Waals surface area contributed by atoms with Crippen LogP contribution in [0.2, 0.25) is 0 Å². The zero-order chi connectivity index (χ0) is 19.9. The number of rotatable bonds is 9. The molecule has 7 heteroatoms. The van der Waals surface area contributed by atoms with Crippen molar-refractivity contribution in [3.05, 3.63) is 0 Å². The fourth-order valence-corrected chi connectivity index (χ4v) is 8.06. The standard InChI is InChI=1S/C19H34NO5P/c1-12(15-9-14-7-8-19(15,4)18(14,2)3)10-26(24,25)11-13(17(22)23)5-6-16(20)21/h12-15H,5-11H2,1-4H3,(H2,20,21)(H,22,23)(H,24,25). The normalized spacial score (nSPS) is 34.2. The van der Waals surface area contributed by atoms with Crippen molar-refractivity contribution in [3.8, 4) is 0 Å². The maximum Gasteiger partial charge on any atom is 0.307 e. The summed E-state index contributed by atoms with van der Waals surface area (Å²) in [6.45, 7) is 8.99. The largest absolute Gasteiger partial charge is 0.481 e. The molecule has 2 aliphatic rings. The number of carboxylic acids is 1. The minimum Gasteiger partial charge on any atom is -0.481 e. The minimum atomic E-state index is -3.60.